The van der Waals surface area contributed by atoms with Crippen molar-refractivity contribution in [2.45, 2.75) is 39.0 Å². The summed E-state index contributed by atoms with van der Waals surface area (Å²) in [5.41, 5.74) is 5.14. The Morgan fingerprint density at radius 3 is 2.71 bits per heavy atom. The fraction of sp³-hybridized carbons (Fsp3) is 0.346. The highest BCUT2D eigenvalue weighted by molar-refractivity contribution is 5.94. The van der Waals surface area contributed by atoms with E-state index in [1.807, 2.05) is 49.2 Å². The molecule has 1 aromatic heterocycles. The first-order valence-electron chi connectivity index (χ1n) is 11.5. The maximum Gasteiger partial charge on any atom is 0.252 e. The number of aromatic nitrogens is 1. The lowest BCUT2D eigenvalue weighted by molar-refractivity contribution is -0.131. The SMILES string of the molecule is Cc1cc(COc2ccc(C(=O)NC3[C@@H](CC(=O)NO)CCCN3C)cc2)c2ccccc2n1. The van der Waals surface area contributed by atoms with E-state index in [0.717, 1.165) is 41.5 Å². The van der Waals surface area contributed by atoms with Crippen LogP contribution in [0.1, 0.15) is 40.9 Å². The van der Waals surface area contributed by atoms with E-state index >= 15 is 0 Å². The second kappa shape index (κ2) is 10.6. The van der Waals surface area contributed by atoms with Crippen LogP contribution < -0.4 is 15.5 Å². The number of hydroxylamine groups is 1. The molecule has 1 aliphatic rings. The highest BCUT2D eigenvalue weighted by atomic mass is 16.5. The number of amides is 2. The van der Waals surface area contributed by atoms with Crippen LogP contribution in [0.25, 0.3) is 10.9 Å². The molecular formula is C26H30N4O4. The predicted molar refractivity (Wildman–Crippen MR) is 128 cm³/mol. The molecule has 0 radical (unpaired) electrons. The molecule has 34 heavy (non-hydrogen) atoms. The van der Waals surface area contributed by atoms with E-state index in [2.05, 4.69) is 10.3 Å². The molecule has 0 saturated carbocycles. The van der Waals surface area contributed by atoms with Gasteiger partial charge in [-0.05, 0) is 69.8 Å². The summed E-state index contributed by atoms with van der Waals surface area (Å²) < 4.78 is 5.99. The van der Waals surface area contributed by atoms with Crippen LogP contribution in [-0.2, 0) is 11.4 Å². The summed E-state index contributed by atoms with van der Waals surface area (Å²) in [6.45, 7) is 3.20. The molecule has 0 spiro atoms. The maximum absolute atomic E-state index is 12.9. The molecule has 4 rings (SSSR count). The van der Waals surface area contributed by atoms with Crippen molar-refractivity contribution in [2.24, 2.45) is 5.92 Å². The Kier molecular flexibility index (Phi) is 7.40. The lowest BCUT2D eigenvalue weighted by Gasteiger charge is -2.39. The van der Waals surface area contributed by atoms with Crippen LogP contribution in [0.3, 0.4) is 0 Å². The van der Waals surface area contributed by atoms with Gasteiger partial charge in [-0.2, -0.15) is 0 Å². The minimum Gasteiger partial charge on any atom is -0.489 e. The second-order valence-corrected chi connectivity index (χ2v) is 8.79. The standard InChI is InChI=1S/C26H30N4O4/c1-17-14-20(22-7-3-4-8-23(22)27-17)16-34-21-11-9-18(10-12-21)26(32)28-25-19(15-24(31)29-33)6-5-13-30(25)2/h3-4,7-12,14,19,25,33H,5-6,13,15-16H2,1-2H3,(H,28,32)(H,29,31)/t19-,25?/m1/s1. The van der Waals surface area contributed by atoms with E-state index in [1.165, 1.54) is 0 Å². The van der Waals surface area contributed by atoms with Crippen molar-refractivity contribution in [1.29, 1.82) is 0 Å². The number of nitrogens with one attached hydrogen (secondary N) is 2. The van der Waals surface area contributed by atoms with Crippen LogP contribution in [0.15, 0.2) is 54.6 Å². The Balaban J connectivity index is 1.40. The Morgan fingerprint density at radius 1 is 1.18 bits per heavy atom. The van der Waals surface area contributed by atoms with Gasteiger partial charge in [0.2, 0.25) is 5.91 Å². The lowest BCUT2D eigenvalue weighted by atomic mass is 9.91. The average molecular weight is 463 g/mol. The number of carbonyl (C=O) groups is 2. The van der Waals surface area contributed by atoms with Crippen LogP contribution in [0.5, 0.6) is 5.75 Å². The molecule has 1 aliphatic heterocycles. The lowest BCUT2D eigenvalue weighted by Crippen LogP contribution is -2.54. The minimum absolute atomic E-state index is 0.0731. The third kappa shape index (κ3) is 5.52. The molecule has 2 amide bonds. The van der Waals surface area contributed by atoms with Gasteiger partial charge >= 0.3 is 0 Å². The molecule has 8 heteroatoms. The highest BCUT2D eigenvalue weighted by Gasteiger charge is 2.32. The summed E-state index contributed by atoms with van der Waals surface area (Å²) in [6.07, 6.45) is 1.61. The molecule has 1 unspecified atom stereocenters. The molecule has 0 aliphatic carbocycles. The molecule has 3 aromatic rings. The largest absolute Gasteiger partial charge is 0.489 e. The molecule has 3 N–H and O–H groups in total. The fourth-order valence-corrected chi connectivity index (χ4v) is 4.58. The number of para-hydroxylation sites is 1. The van der Waals surface area contributed by atoms with Gasteiger partial charge in [0.05, 0.1) is 11.7 Å². The van der Waals surface area contributed by atoms with Crippen LogP contribution >= 0.6 is 0 Å². The molecule has 2 atom stereocenters. The maximum atomic E-state index is 12.9. The van der Waals surface area contributed by atoms with Gasteiger partial charge in [-0.15, -0.1) is 0 Å². The Labute approximate surface area is 198 Å². The number of piperidine rings is 1. The van der Waals surface area contributed by atoms with Gasteiger partial charge in [-0.1, -0.05) is 18.2 Å². The Hall–Kier alpha value is -3.49. The summed E-state index contributed by atoms with van der Waals surface area (Å²) in [5, 5.41) is 13.0. The number of nitrogens with zero attached hydrogens (tertiary/aromatic N) is 2. The molecule has 1 fully saturated rings. The van der Waals surface area contributed by atoms with Gasteiger partial charge in [-0.25, -0.2) is 5.48 Å². The molecule has 2 aromatic carbocycles. The zero-order chi connectivity index (χ0) is 24.1. The summed E-state index contributed by atoms with van der Waals surface area (Å²) in [4.78, 5) is 31.2. The molecule has 178 valence electrons. The van der Waals surface area contributed by atoms with E-state index in [4.69, 9.17) is 9.94 Å². The van der Waals surface area contributed by atoms with E-state index in [1.54, 1.807) is 29.7 Å². The monoisotopic (exact) mass is 462 g/mol. The van der Waals surface area contributed by atoms with Crippen LogP contribution in [-0.4, -0.2) is 46.7 Å². The first kappa shape index (κ1) is 23.7. The Bertz CT molecular complexity index is 1170. The quantitative estimate of drug-likeness (QED) is 0.367. The molecule has 8 nitrogen and oxygen atoms in total. The van der Waals surface area contributed by atoms with Crippen molar-refractivity contribution in [3.05, 3.63) is 71.4 Å². The third-order valence-electron chi connectivity index (χ3n) is 6.30. The second-order valence-electron chi connectivity index (χ2n) is 8.79. The van der Waals surface area contributed by atoms with E-state index in [0.29, 0.717) is 17.9 Å². The van der Waals surface area contributed by atoms with Crippen LogP contribution in [0, 0.1) is 12.8 Å². The van der Waals surface area contributed by atoms with Crippen molar-refractivity contribution in [2.75, 3.05) is 13.6 Å². The van der Waals surface area contributed by atoms with E-state index < -0.39 is 5.91 Å². The molecule has 1 saturated heterocycles. The number of rotatable bonds is 7. The predicted octanol–water partition coefficient (Wildman–Crippen LogP) is 3.42. The van der Waals surface area contributed by atoms with Gasteiger partial charge in [0.1, 0.15) is 12.4 Å². The molecule has 2 heterocycles. The van der Waals surface area contributed by atoms with Crippen LogP contribution in [0.4, 0.5) is 0 Å². The number of hydrogen-bond acceptors (Lipinski definition) is 6. The summed E-state index contributed by atoms with van der Waals surface area (Å²) in [7, 11) is 1.93. The van der Waals surface area contributed by atoms with Gasteiger partial charge in [0, 0.05) is 34.5 Å². The fourth-order valence-electron chi connectivity index (χ4n) is 4.58. The van der Waals surface area contributed by atoms with Crippen molar-refractivity contribution in [1.82, 2.24) is 20.7 Å². The number of ether oxygens (including phenoxy) is 1. The number of hydrogen-bond donors (Lipinski definition) is 3. The minimum atomic E-state index is -0.446. The average Bonchev–Trinajstić information content (AvgIpc) is 2.84. The van der Waals surface area contributed by atoms with Crippen LogP contribution in [0.2, 0.25) is 0 Å². The first-order valence-corrected chi connectivity index (χ1v) is 11.5. The van der Waals surface area contributed by atoms with Crippen molar-refractivity contribution in [3.63, 3.8) is 0 Å². The number of pyridine rings is 1. The topological polar surface area (TPSA) is 104 Å². The normalized spacial score (nSPS) is 18.4. The van der Waals surface area contributed by atoms with Crippen molar-refractivity contribution < 1.29 is 19.5 Å². The van der Waals surface area contributed by atoms with Gasteiger partial charge < -0.3 is 10.1 Å². The number of aryl methyl sites for hydroxylation is 1. The Morgan fingerprint density at radius 2 is 1.94 bits per heavy atom. The zero-order valence-corrected chi connectivity index (χ0v) is 19.5. The van der Waals surface area contributed by atoms with Gasteiger partial charge in [0.15, 0.2) is 0 Å². The highest BCUT2D eigenvalue weighted by Crippen LogP contribution is 2.25. The number of carbonyl (C=O) groups excluding carboxylic acids is 2. The van der Waals surface area contributed by atoms with Gasteiger partial charge in [0.25, 0.3) is 5.91 Å². The summed E-state index contributed by atoms with van der Waals surface area (Å²) in [5.74, 6) is -0.0628. The van der Waals surface area contributed by atoms with Gasteiger partial charge in [-0.3, -0.25) is 24.7 Å². The van der Waals surface area contributed by atoms with Crippen molar-refractivity contribution >= 4 is 22.7 Å². The third-order valence-corrected chi connectivity index (χ3v) is 6.30. The molecular weight excluding hydrogens is 432 g/mol. The zero-order valence-electron chi connectivity index (χ0n) is 19.5. The van der Waals surface area contributed by atoms with E-state index in [9.17, 15) is 9.59 Å². The number of benzene rings is 2. The smallest absolute Gasteiger partial charge is 0.252 e. The molecule has 0 bridgehead atoms. The number of fused-ring (bicyclic) bond motifs is 1. The van der Waals surface area contributed by atoms with Crippen molar-refractivity contribution in [3.8, 4) is 5.75 Å². The van der Waals surface area contributed by atoms with E-state index in [-0.39, 0.29) is 24.4 Å². The summed E-state index contributed by atoms with van der Waals surface area (Å²) in [6, 6.07) is 17.0. The number of likely N-dealkylation sites (tertiary alicyclic amines) is 1. The first-order chi connectivity index (χ1) is 16.4. The summed E-state index contributed by atoms with van der Waals surface area (Å²) >= 11 is 0.